The Hall–Kier alpha value is -2.86. The van der Waals surface area contributed by atoms with Gasteiger partial charge in [-0.2, -0.15) is 0 Å². The molecule has 1 aliphatic heterocycles. The molecule has 0 aromatic heterocycles. The zero-order valence-electron chi connectivity index (χ0n) is 16.4. The summed E-state index contributed by atoms with van der Waals surface area (Å²) in [5.41, 5.74) is 0.830. The molecule has 1 heterocycles. The maximum absolute atomic E-state index is 13.2. The number of hydrogen-bond acceptors (Lipinski definition) is 10. The molecule has 0 radical (unpaired) electrons. The number of thioether (sulfide) groups is 1. The van der Waals surface area contributed by atoms with Gasteiger partial charge in [-0.1, -0.05) is 6.07 Å². The Labute approximate surface area is 180 Å². The average Bonchev–Trinajstić information content (AvgIpc) is 2.67. The Morgan fingerprint density at radius 1 is 1.19 bits per heavy atom. The Balaban J connectivity index is 2.02. The number of Topliss-reactive ketones (excluding diaryl/α,β-unsaturated/α-hetero) is 2. The van der Waals surface area contributed by atoms with Gasteiger partial charge in [0, 0.05) is 4.90 Å². The molecule has 5 atom stereocenters. The second-order valence-electron chi connectivity index (χ2n) is 7.92. The van der Waals surface area contributed by atoms with E-state index < -0.39 is 69.1 Å². The Morgan fingerprint density at radius 3 is 2.42 bits per heavy atom. The smallest absolute Gasteiger partial charge is 0.255 e. The maximum Gasteiger partial charge on any atom is 0.255 e. The summed E-state index contributed by atoms with van der Waals surface area (Å²) in [6, 6.07) is 3.06. The van der Waals surface area contributed by atoms with Crippen molar-refractivity contribution in [2.75, 3.05) is 14.1 Å². The number of nitrogens with zero attached hydrogens (tertiary/aromatic N) is 1. The van der Waals surface area contributed by atoms with E-state index in [1.165, 1.54) is 31.1 Å². The van der Waals surface area contributed by atoms with Crippen molar-refractivity contribution in [3.05, 3.63) is 46.4 Å². The van der Waals surface area contributed by atoms with Crippen LogP contribution in [0, 0.1) is 5.92 Å². The van der Waals surface area contributed by atoms with Gasteiger partial charge in [0.2, 0.25) is 5.78 Å². The fourth-order valence-electron chi connectivity index (χ4n) is 4.69. The minimum Gasteiger partial charge on any atom is -0.510 e. The quantitative estimate of drug-likeness (QED) is 0.319. The Bertz CT molecular complexity index is 1110. The summed E-state index contributed by atoms with van der Waals surface area (Å²) in [7, 11) is 2.95. The van der Waals surface area contributed by atoms with E-state index in [1.54, 1.807) is 6.07 Å². The van der Waals surface area contributed by atoms with Crippen molar-refractivity contribution in [3.8, 4) is 5.75 Å². The largest absolute Gasteiger partial charge is 0.510 e. The average molecular weight is 448 g/mol. The lowest BCUT2D eigenvalue weighted by molar-refractivity contribution is -0.156. The van der Waals surface area contributed by atoms with E-state index >= 15 is 0 Å². The van der Waals surface area contributed by atoms with E-state index in [4.69, 9.17) is 5.73 Å². The number of aliphatic hydroxyl groups is 4. The lowest BCUT2D eigenvalue weighted by Gasteiger charge is -2.52. The molecule has 4 rings (SSSR count). The fourth-order valence-corrected chi connectivity index (χ4v) is 6.08. The van der Waals surface area contributed by atoms with Crippen molar-refractivity contribution >= 4 is 29.2 Å². The number of phenols is 1. The molecule has 3 aliphatic rings. The Morgan fingerprint density at radius 2 is 1.84 bits per heavy atom. The number of hydrogen-bond donors (Lipinski definition) is 6. The number of phenolic OH excluding ortho intramolecular Hbond substituents is 1. The van der Waals surface area contributed by atoms with Crippen LogP contribution in [0.15, 0.2) is 45.8 Å². The molecular weight excluding hydrogens is 428 g/mol. The highest BCUT2D eigenvalue weighted by atomic mass is 32.2. The number of aliphatic hydroxyl groups excluding tert-OH is 3. The molecule has 1 amide bonds. The molecule has 0 fully saturated rings. The van der Waals surface area contributed by atoms with E-state index in [1.807, 2.05) is 0 Å². The van der Waals surface area contributed by atoms with E-state index in [9.17, 15) is 39.9 Å². The minimum atomic E-state index is -2.89. The van der Waals surface area contributed by atoms with Gasteiger partial charge in [-0.05, 0) is 26.2 Å². The van der Waals surface area contributed by atoms with E-state index in [2.05, 4.69) is 0 Å². The third-order valence-corrected chi connectivity index (χ3v) is 7.41. The van der Waals surface area contributed by atoms with Crippen LogP contribution in [-0.2, 0) is 9.59 Å². The first-order valence-corrected chi connectivity index (χ1v) is 10.1. The molecular formula is C20H20N2O8S. The number of fused-ring (bicyclic) bond motifs is 3. The van der Waals surface area contributed by atoms with Crippen molar-refractivity contribution in [3.63, 3.8) is 0 Å². The van der Waals surface area contributed by atoms with Crippen molar-refractivity contribution in [2.24, 2.45) is 11.7 Å². The first-order valence-electron chi connectivity index (χ1n) is 9.26. The third kappa shape index (κ3) is 2.61. The van der Waals surface area contributed by atoms with Crippen LogP contribution in [0.1, 0.15) is 10.4 Å². The molecule has 0 bridgehead atoms. The number of benzene rings is 1. The van der Waals surface area contributed by atoms with E-state index in [0.29, 0.717) is 4.90 Å². The van der Waals surface area contributed by atoms with Gasteiger partial charge in [0.25, 0.3) is 5.91 Å². The van der Waals surface area contributed by atoms with Gasteiger partial charge in [0.1, 0.15) is 22.8 Å². The van der Waals surface area contributed by atoms with Gasteiger partial charge < -0.3 is 31.3 Å². The summed E-state index contributed by atoms with van der Waals surface area (Å²) in [6.45, 7) is 0. The number of carbonyl (C=O) groups excluding carboxylic acids is 3. The van der Waals surface area contributed by atoms with Gasteiger partial charge in [-0.25, -0.2) is 0 Å². The zero-order chi connectivity index (χ0) is 23.0. The Kier molecular flexibility index (Phi) is 4.70. The summed E-state index contributed by atoms with van der Waals surface area (Å²) in [5.74, 6) is -7.28. The number of ketones is 2. The minimum absolute atomic E-state index is 0.138. The molecule has 0 saturated heterocycles. The molecule has 2 unspecified atom stereocenters. The number of aromatic hydroxyl groups is 1. The number of rotatable bonds is 2. The summed E-state index contributed by atoms with van der Waals surface area (Å²) < 4.78 is 0. The number of nitrogens with two attached hydrogens (primary N) is 1. The molecule has 164 valence electrons. The summed E-state index contributed by atoms with van der Waals surface area (Å²) in [4.78, 5) is 39.8. The first-order chi connectivity index (χ1) is 14.4. The molecule has 7 N–H and O–H groups in total. The van der Waals surface area contributed by atoms with Gasteiger partial charge in [0.05, 0.1) is 34.5 Å². The van der Waals surface area contributed by atoms with Crippen LogP contribution in [0.2, 0.25) is 0 Å². The zero-order valence-corrected chi connectivity index (χ0v) is 17.3. The van der Waals surface area contributed by atoms with Gasteiger partial charge in [-0.15, -0.1) is 11.8 Å². The predicted octanol–water partition coefficient (Wildman–Crippen LogP) is -0.607. The fraction of sp³-hybridized carbons (Fsp3) is 0.350. The van der Waals surface area contributed by atoms with Crippen LogP contribution in [0.3, 0.4) is 0 Å². The molecule has 31 heavy (non-hydrogen) atoms. The van der Waals surface area contributed by atoms with Gasteiger partial charge in [0.15, 0.2) is 11.4 Å². The third-order valence-electron chi connectivity index (χ3n) is 6.04. The van der Waals surface area contributed by atoms with Crippen LogP contribution >= 0.6 is 11.8 Å². The highest BCUT2D eigenvalue weighted by Gasteiger charge is 2.66. The van der Waals surface area contributed by atoms with Gasteiger partial charge >= 0.3 is 0 Å². The molecule has 2 aliphatic carbocycles. The number of amides is 1. The SMILES string of the molecule is CN(C)[C@@H]1C(O)=C(C(N)=O)C(=O)[C@@]2(O)C(O)=C3C(=O)c4c(O)cccc4SC3[C@H](O)C12. The highest BCUT2D eigenvalue weighted by Crippen LogP contribution is 2.54. The molecule has 0 spiro atoms. The molecule has 0 saturated carbocycles. The van der Waals surface area contributed by atoms with Crippen molar-refractivity contribution in [1.29, 1.82) is 0 Å². The van der Waals surface area contributed by atoms with Crippen LogP contribution in [0.25, 0.3) is 0 Å². The van der Waals surface area contributed by atoms with Crippen LogP contribution in [0.4, 0.5) is 0 Å². The first kappa shape index (κ1) is 21.4. The molecule has 1 aromatic rings. The topological polar surface area (TPSA) is 182 Å². The summed E-state index contributed by atoms with van der Waals surface area (Å²) in [5, 5.41) is 53.3. The van der Waals surface area contributed by atoms with Crippen molar-refractivity contribution in [1.82, 2.24) is 4.90 Å². The molecule has 10 nitrogen and oxygen atoms in total. The highest BCUT2D eigenvalue weighted by molar-refractivity contribution is 8.00. The predicted molar refractivity (Wildman–Crippen MR) is 108 cm³/mol. The number of carbonyl (C=O) groups is 3. The lowest BCUT2D eigenvalue weighted by atomic mass is 9.62. The summed E-state index contributed by atoms with van der Waals surface area (Å²) in [6.07, 6.45) is -1.60. The lowest BCUT2D eigenvalue weighted by Crippen LogP contribution is -2.68. The number of primary amides is 1. The van der Waals surface area contributed by atoms with Crippen LogP contribution < -0.4 is 5.73 Å². The standard InChI is InChI=1S/C20H20N2O8S/c1-22(2)12-11-15(26)16-9(13(24)8-6(23)4-3-5-7(8)31-16)17(27)20(11,30)18(28)10(14(12)25)19(21)29/h3-5,11-12,15-16,23,25-27,30H,1-2H3,(H2,21,29)/t11?,12-,15+,16?,20-/m0/s1. The number of likely N-dealkylation sites (N-methyl/N-ethyl adjacent to an activating group) is 1. The van der Waals surface area contributed by atoms with Crippen LogP contribution in [0.5, 0.6) is 5.75 Å². The van der Waals surface area contributed by atoms with E-state index in [0.717, 1.165) is 11.8 Å². The summed E-state index contributed by atoms with van der Waals surface area (Å²) >= 11 is 0.969. The second kappa shape index (κ2) is 6.82. The monoisotopic (exact) mass is 448 g/mol. The van der Waals surface area contributed by atoms with Crippen molar-refractivity contribution < 1.29 is 39.9 Å². The van der Waals surface area contributed by atoms with Crippen LogP contribution in [-0.4, -0.2) is 85.0 Å². The van der Waals surface area contributed by atoms with Crippen molar-refractivity contribution in [2.45, 2.75) is 27.9 Å². The molecule has 11 heteroatoms. The maximum atomic E-state index is 13.2. The second-order valence-corrected chi connectivity index (χ2v) is 9.11. The molecule has 1 aromatic carbocycles. The normalized spacial score (nSPS) is 32.7. The van der Waals surface area contributed by atoms with Gasteiger partial charge in [-0.3, -0.25) is 19.3 Å². The van der Waals surface area contributed by atoms with E-state index in [-0.39, 0.29) is 11.3 Å².